The van der Waals surface area contributed by atoms with Crippen molar-refractivity contribution in [3.05, 3.63) is 177 Å². The Kier molecular flexibility index (Phi) is 9.52. The van der Waals surface area contributed by atoms with Gasteiger partial charge in [-0.3, -0.25) is 0 Å². The first-order chi connectivity index (χ1) is 30.7. The minimum atomic E-state index is -0.452. The van der Waals surface area contributed by atoms with Crippen LogP contribution in [0.25, 0.3) is 0 Å². The molecule has 0 saturated heterocycles. The Morgan fingerprint density at radius 2 is 0.524 bits per heavy atom. The van der Waals surface area contributed by atoms with Gasteiger partial charge in [-0.1, -0.05) is 0 Å². The zero-order valence-corrected chi connectivity index (χ0v) is 33.5. The van der Waals surface area contributed by atoms with Crippen LogP contribution in [0.1, 0.15) is 64.5 Å². The highest BCUT2D eigenvalue weighted by molar-refractivity contribution is 6.35. The fraction of sp³-hybridized carbons (Fsp3) is 0.0625. The van der Waals surface area contributed by atoms with E-state index in [-0.39, 0.29) is 0 Å². The van der Waals surface area contributed by atoms with E-state index >= 15 is 0 Å². The summed E-state index contributed by atoms with van der Waals surface area (Å²) >= 11 is 0. The summed E-state index contributed by atoms with van der Waals surface area (Å²) in [5.74, 6) is 3.71. The van der Waals surface area contributed by atoms with E-state index in [9.17, 15) is 14.4 Å². The molecule has 0 unspecified atom stereocenters. The lowest BCUT2D eigenvalue weighted by Crippen LogP contribution is -2.03. The van der Waals surface area contributed by atoms with Crippen molar-refractivity contribution in [1.29, 1.82) is 0 Å². The quantitative estimate of drug-likeness (QED) is 0.102. The van der Waals surface area contributed by atoms with E-state index in [1.807, 2.05) is 36.4 Å². The Hall–Kier alpha value is -8.85. The van der Waals surface area contributed by atoms with Crippen molar-refractivity contribution >= 4 is 52.9 Å². The average molecular weight is 835 g/mol. The van der Waals surface area contributed by atoms with Crippen LogP contribution in [-0.4, -0.2) is 74.3 Å². The number of rotatable bonds is 9. The van der Waals surface area contributed by atoms with Gasteiger partial charge in [0.2, 0.25) is 0 Å². The highest BCUT2D eigenvalue weighted by Gasteiger charge is 2.32. The van der Waals surface area contributed by atoms with Crippen LogP contribution in [0, 0.1) is 0 Å². The number of fused-ring (bicyclic) bond motifs is 12. The Bertz CT molecular complexity index is 2790. The van der Waals surface area contributed by atoms with E-state index < -0.39 is 17.9 Å². The molecule has 0 saturated carbocycles. The molecule has 306 valence electrons. The number of hydrogen-bond donors (Lipinski definition) is 0. The van der Waals surface area contributed by atoms with Crippen molar-refractivity contribution < 1.29 is 42.8 Å². The molecule has 15 heteroatoms. The normalized spacial score (nSPS) is 13.8. The lowest BCUT2D eigenvalue weighted by atomic mass is 10.1. The predicted molar refractivity (Wildman–Crippen MR) is 232 cm³/mol. The molecule has 15 nitrogen and oxygen atoms in total. The van der Waals surface area contributed by atoms with Crippen LogP contribution < -0.4 is 14.2 Å². The molecule has 0 atom stereocenters. The topological polar surface area (TPSA) is 181 Å². The summed E-state index contributed by atoms with van der Waals surface area (Å²) in [7, 11) is 3.98. The minimum Gasteiger partial charge on any atom is -0.465 e. The molecule has 4 heterocycles. The third kappa shape index (κ3) is 7.29. The van der Waals surface area contributed by atoms with Crippen LogP contribution >= 0.6 is 0 Å². The number of hydrogen-bond acceptors (Lipinski definition) is 15. The van der Waals surface area contributed by atoms with Gasteiger partial charge in [0, 0.05) is 33.4 Å². The summed E-state index contributed by atoms with van der Waals surface area (Å²) in [5.41, 5.74) is 5.12. The van der Waals surface area contributed by atoms with Crippen LogP contribution in [0.2, 0.25) is 0 Å². The van der Waals surface area contributed by atoms with Gasteiger partial charge in [-0.2, -0.15) is 0 Å². The molecule has 0 spiro atoms. The second kappa shape index (κ2) is 15.6. The number of esters is 3. The smallest absolute Gasteiger partial charge is 0.337 e. The molecule has 10 rings (SSSR count). The van der Waals surface area contributed by atoms with Gasteiger partial charge in [0.25, 0.3) is 0 Å². The van der Waals surface area contributed by atoms with Crippen LogP contribution in [0.5, 0.6) is 34.5 Å². The summed E-state index contributed by atoms with van der Waals surface area (Å²) in [6.45, 7) is 0. The number of carbonyl (C=O) groups excluding carboxylic acids is 3. The monoisotopic (exact) mass is 834 g/mol. The first-order valence-electron chi connectivity index (χ1n) is 19.3. The second-order valence-corrected chi connectivity index (χ2v) is 14.1. The van der Waals surface area contributed by atoms with E-state index in [4.69, 9.17) is 58.4 Å². The molecule has 6 aromatic carbocycles. The molecule has 63 heavy (non-hydrogen) atoms. The van der Waals surface area contributed by atoms with Crippen molar-refractivity contribution in [2.45, 2.75) is 0 Å². The van der Waals surface area contributed by atoms with Crippen LogP contribution in [0.4, 0.5) is 0 Å². The van der Waals surface area contributed by atoms with Crippen LogP contribution in [0.3, 0.4) is 0 Å². The second-order valence-electron chi connectivity index (χ2n) is 14.1. The fourth-order valence-corrected chi connectivity index (χ4v) is 7.11. The lowest BCUT2D eigenvalue weighted by molar-refractivity contribution is 0.0592. The lowest BCUT2D eigenvalue weighted by Gasteiger charge is -2.09. The Labute approximate surface area is 358 Å². The van der Waals surface area contributed by atoms with Gasteiger partial charge in [-0.25, -0.2) is 44.3 Å². The third-order valence-corrected chi connectivity index (χ3v) is 10.2. The molecule has 6 bridgehead atoms. The molecule has 0 radical (unpaired) electrons. The van der Waals surface area contributed by atoms with Crippen molar-refractivity contribution in [3.63, 3.8) is 0 Å². The average Bonchev–Trinajstić information content (AvgIpc) is 3.96. The number of carbonyl (C=O) groups is 3. The molecule has 0 aromatic heterocycles. The largest absolute Gasteiger partial charge is 0.465 e. The zero-order valence-electron chi connectivity index (χ0n) is 33.5. The molecule has 0 N–H and O–H groups in total. The van der Waals surface area contributed by atoms with Gasteiger partial charge in [0.1, 0.15) is 34.5 Å². The number of aliphatic imine (C=N–C) groups is 6. The fourth-order valence-electron chi connectivity index (χ4n) is 7.11. The third-order valence-electron chi connectivity index (χ3n) is 10.2. The van der Waals surface area contributed by atoms with E-state index in [1.165, 1.54) is 21.3 Å². The van der Waals surface area contributed by atoms with Crippen molar-refractivity contribution in [3.8, 4) is 34.5 Å². The maximum Gasteiger partial charge on any atom is 0.337 e. The van der Waals surface area contributed by atoms with Crippen molar-refractivity contribution in [2.24, 2.45) is 30.0 Å². The van der Waals surface area contributed by atoms with Gasteiger partial charge in [0.15, 0.2) is 35.0 Å². The zero-order chi connectivity index (χ0) is 43.2. The molecule has 0 fully saturated rings. The van der Waals surface area contributed by atoms with Gasteiger partial charge >= 0.3 is 17.9 Å². The maximum atomic E-state index is 12.0. The SMILES string of the molecule is COC(=O)c1ccc(Oc2ccc3c(c2)C2=NC4=NC(=NC5=NC(=NC3=N2)c2cc(Oc3ccc(C(=O)OC)cc3)ccc25)c2cc(Oc3ccc(C(=O)OC)cc3)ccc24)cc1. The van der Waals surface area contributed by atoms with Gasteiger partial charge < -0.3 is 28.4 Å². The Morgan fingerprint density at radius 1 is 0.302 bits per heavy atom. The maximum absolute atomic E-state index is 12.0. The summed E-state index contributed by atoms with van der Waals surface area (Å²) < 4.78 is 33.1. The first kappa shape index (κ1) is 38.4. The molecular formula is C48H30N6O9. The number of methoxy groups -OCH3 is 3. The number of benzene rings is 6. The highest BCUT2D eigenvalue weighted by atomic mass is 16.5. The molecule has 0 aliphatic carbocycles. The minimum absolute atomic E-state index is 0.336. The number of nitrogens with zero attached hydrogens (tertiary/aromatic N) is 6. The van der Waals surface area contributed by atoms with Gasteiger partial charge in [-0.05, 0) is 127 Å². The molecule has 4 aliphatic heterocycles. The van der Waals surface area contributed by atoms with E-state index in [0.29, 0.717) is 120 Å². The Balaban J connectivity index is 1.05. The van der Waals surface area contributed by atoms with E-state index in [0.717, 1.165) is 0 Å². The van der Waals surface area contributed by atoms with Crippen molar-refractivity contribution in [1.82, 2.24) is 0 Å². The summed E-state index contributed by atoms with van der Waals surface area (Å²) in [6.07, 6.45) is 0. The van der Waals surface area contributed by atoms with Gasteiger partial charge in [-0.15, -0.1) is 0 Å². The van der Waals surface area contributed by atoms with E-state index in [2.05, 4.69) is 0 Å². The summed E-state index contributed by atoms with van der Waals surface area (Å²) in [6, 6.07) is 36.2. The molecule has 6 aromatic rings. The van der Waals surface area contributed by atoms with Crippen LogP contribution in [0.15, 0.2) is 157 Å². The summed E-state index contributed by atoms with van der Waals surface area (Å²) in [5, 5.41) is 0. The Morgan fingerprint density at radius 3 is 0.762 bits per heavy atom. The van der Waals surface area contributed by atoms with E-state index in [1.54, 1.807) is 91.0 Å². The number of amidine groups is 6. The number of ether oxygens (including phenoxy) is 6. The highest BCUT2D eigenvalue weighted by Crippen LogP contribution is 2.35. The molecule has 0 amide bonds. The molecule has 4 aliphatic rings. The van der Waals surface area contributed by atoms with Crippen LogP contribution in [-0.2, 0) is 14.2 Å². The summed E-state index contributed by atoms with van der Waals surface area (Å²) in [4.78, 5) is 65.8. The van der Waals surface area contributed by atoms with Crippen molar-refractivity contribution in [2.75, 3.05) is 21.3 Å². The molecular weight excluding hydrogens is 805 g/mol. The standard InChI is InChI=1S/C48H30N6O9/c1-58-46(55)25-4-10-28(11-5-25)61-31-16-19-34-37(22-31)43-49-40(34)53-44-39-24-33(63-30-14-8-27(9-15-30)48(57)60-3)18-21-36(39)42(51-44)54-45-38-23-32(17-20-35(38)41(50-45)52-43)62-29-12-6-26(7-13-29)47(56)59-2/h4-24H,1-3H3. The predicted octanol–water partition coefficient (Wildman–Crippen LogP) is 8.36. The first-order valence-corrected chi connectivity index (χ1v) is 19.3. The van der Waals surface area contributed by atoms with Gasteiger partial charge in [0.05, 0.1) is 38.0 Å².